The number of nitrogens with zero attached hydrogens (tertiary/aromatic N) is 5. The molecule has 1 amide bonds. The van der Waals surface area contributed by atoms with Crippen LogP contribution in [0.25, 0.3) is 0 Å². The molecule has 0 aliphatic carbocycles. The highest BCUT2D eigenvalue weighted by Crippen LogP contribution is 2.10. The average Bonchev–Trinajstić information content (AvgIpc) is 2.67. The van der Waals surface area contributed by atoms with Gasteiger partial charge in [-0.1, -0.05) is 0 Å². The predicted molar refractivity (Wildman–Crippen MR) is 90.0 cm³/mol. The Bertz CT molecular complexity index is 674. The van der Waals surface area contributed by atoms with Gasteiger partial charge in [0, 0.05) is 45.3 Å². The molecular weight excluding hydrogens is 306 g/mol. The highest BCUT2D eigenvalue weighted by Gasteiger charge is 2.20. The topological polar surface area (TPSA) is 71.5 Å². The van der Waals surface area contributed by atoms with Crippen molar-refractivity contribution in [3.63, 3.8) is 0 Å². The lowest BCUT2D eigenvalue weighted by atomic mass is 10.2. The zero-order chi connectivity index (χ0) is 16.8. The minimum Gasteiger partial charge on any atom is -0.378 e. The molecule has 0 unspecified atom stereocenters. The Morgan fingerprint density at radius 1 is 1.21 bits per heavy atom. The summed E-state index contributed by atoms with van der Waals surface area (Å²) in [5, 5.41) is 0. The van der Waals surface area contributed by atoms with Gasteiger partial charge in [0.05, 0.1) is 13.2 Å². The Balaban J connectivity index is 1.64. The van der Waals surface area contributed by atoms with Crippen LogP contribution in [0.4, 0.5) is 5.95 Å². The Morgan fingerprint density at radius 3 is 2.71 bits per heavy atom. The van der Waals surface area contributed by atoms with E-state index in [0.717, 1.165) is 13.0 Å². The molecule has 1 saturated heterocycles. The maximum absolute atomic E-state index is 12.5. The number of likely N-dealkylation sites (N-methyl/N-ethyl adjacent to an activating group) is 1. The summed E-state index contributed by atoms with van der Waals surface area (Å²) < 4.78 is 5.28. The number of anilines is 1. The van der Waals surface area contributed by atoms with Crippen molar-refractivity contribution in [3.05, 3.63) is 48.0 Å². The minimum atomic E-state index is -0.0653. The molecule has 0 bridgehead atoms. The highest BCUT2D eigenvalue weighted by atomic mass is 16.5. The third kappa shape index (κ3) is 4.05. The van der Waals surface area contributed by atoms with Crippen LogP contribution in [0.5, 0.6) is 0 Å². The standard InChI is InChI=1S/C17H21N5O2/c1-21(9-5-14-2-6-18-7-3-14)17-19-8-4-15(20-17)16(23)22-10-12-24-13-11-22/h2-4,6-8H,5,9-13H2,1H3. The van der Waals surface area contributed by atoms with Gasteiger partial charge in [-0.05, 0) is 30.2 Å². The predicted octanol–water partition coefficient (Wildman–Crippen LogP) is 1.02. The highest BCUT2D eigenvalue weighted by molar-refractivity contribution is 5.92. The van der Waals surface area contributed by atoms with E-state index in [2.05, 4.69) is 15.0 Å². The van der Waals surface area contributed by atoms with Gasteiger partial charge in [-0.2, -0.15) is 0 Å². The second-order valence-electron chi connectivity index (χ2n) is 5.67. The van der Waals surface area contributed by atoms with Crippen LogP contribution in [0.1, 0.15) is 16.1 Å². The SMILES string of the molecule is CN(CCc1ccncc1)c1nccc(C(=O)N2CCOCC2)n1. The van der Waals surface area contributed by atoms with Crippen molar-refractivity contribution in [1.29, 1.82) is 0 Å². The van der Waals surface area contributed by atoms with E-state index in [9.17, 15) is 4.79 Å². The van der Waals surface area contributed by atoms with E-state index in [1.54, 1.807) is 29.6 Å². The monoisotopic (exact) mass is 327 g/mol. The third-order valence-electron chi connectivity index (χ3n) is 3.99. The second-order valence-corrected chi connectivity index (χ2v) is 5.67. The number of hydrogen-bond acceptors (Lipinski definition) is 6. The van der Waals surface area contributed by atoms with Crippen molar-refractivity contribution in [2.75, 3.05) is 44.8 Å². The van der Waals surface area contributed by atoms with Gasteiger partial charge in [0.2, 0.25) is 5.95 Å². The molecule has 7 heteroatoms. The molecular formula is C17H21N5O2. The van der Waals surface area contributed by atoms with Crippen molar-refractivity contribution in [2.45, 2.75) is 6.42 Å². The number of ether oxygens (including phenoxy) is 1. The maximum atomic E-state index is 12.5. The number of morpholine rings is 1. The number of hydrogen-bond donors (Lipinski definition) is 0. The second kappa shape index (κ2) is 7.83. The van der Waals surface area contributed by atoms with Gasteiger partial charge in [0.15, 0.2) is 0 Å². The molecule has 0 radical (unpaired) electrons. The fraction of sp³-hybridized carbons (Fsp3) is 0.412. The molecule has 2 aromatic heterocycles. The molecule has 126 valence electrons. The van der Waals surface area contributed by atoms with Gasteiger partial charge in [-0.15, -0.1) is 0 Å². The fourth-order valence-corrected chi connectivity index (χ4v) is 2.53. The zero-order valence-corrected chi connectivity index (χ0v) is 13.8. The largest absolute Gasteiger partial charge is 0.378 e. The molecule has 2 aromatic rings. The quantitative estimate of drug-likeness (QED) is 0.817. The van der Waals surface area contributed by atoms with Crippen molar-refractivity contribution >= 4 is 11.9 Å². The first-order chi connectivity index (χ1) is 11.7. The molecule has 1 fully saturated rings. The van der Waals surface area contributed by atoms with E-state index in [4.69, 9.17) is 4.74 Å². The van der Waals surface area contributed by atoms with Crippen LogP contribution >= 0.6 is 0 Å². The van der Waals surface area contributed by atoms with E-state index in [1.807, 2.05) is 24.1 Å². The van der Waals surface area contributed by atoms with E-state index < -0.39 is 0 Å². The Labute approximate surface area is 141 Å². The fourth-order valence-electron chi connectivity index (χ4n) is 2.53. The lowest BCUT2D eigenvalue weighted by molar-refractivity contribution is 0.0299. The van der Waals surface area contributed by atoms with Crippen LogP contribution in [0, 0.1) is 0 Å². The number of rotatable bonds is 5. The molecule has 0 atom stereocenters. The number of carbonyl (C=O) groups is 1. The lowest BCUT2D eigenvalue weighted by Crippen LogP contribution is -2.41. The van der Waals surface area contributed by atoms with Crippen molar-refractivity contribution in [1.82, 2.24) is 19.9 Å². The van der Waals surface area contributed by atoms with Gasteiger partial charge >= 0.3 is 0 Å². The summed E-state index contributed by atoms with van der Waals surface area (Å²) in [7, 11) is 1.93. The minimum absolute atomic E-state index is 0.0653. The molecule has 7 nitrogen and oxygen atoms in total. The van der Waals surface area contributed by atoms with Crippen LogP contribution in [0.15, 0.2) is 36.8 Å². The van der Waals surface area contributed by atoms with Crippen molar-refractivity contribution in [2.24, 2.45) is 0 Å². The van der Waals surface area contributed by atoms with Crippen LogP contribution in [0.3, 0.4) is 0 Å². The van der Waals surface area contributed by atoms with Gasteiger partial charge in [-0.3, -0.25) is 9.78 Å². The average molecular weight is 327 g/mol. The Hall–Kier alpha value is -2.54. The number of carbonyl (C=O) groups excluding carboxylic acids is 1. The van der Waals surface area contributed by atoms with Gasteiger partial charge in [-0.25, -0.2) is 9.97 Å². The smallest absolute Gasteiger partial charge is 0.272 e. The normalized spacial score (nSPS) is 14.5. The molecule has 0 N–H and O–H groups in total. The third-order valence-corrected chi connectivity index (χ3v) is 3.99. The first-order valence-electron chi connectivity index (χ1n) is 8.04. The van der Waals surface area contributed by atoms with Crippen LogP contribution in [-0.2, 0) is 11.2 Å². The number of aromatic nitrogens is 3. The van der Waals surface area contributed by atoms with Crippen molar-refractivity contribution < 1.29 is 9.53 Å². The molecule has 0 spiro atoms. The summed E-state index contributed by atoms with van der Waals surface area (Å²) in [5.41, 5.74) is 1.63. The van der Waals surface area contributed by atoms with Gasteiger partial charge in [0.25, 0.3) is 5.91 Å². The van der Waals surface area contributed by atoms with Gasteiger partial charge < -0.3 is 14.5 Å². The molecule has 24 heavy (non-hydrogen) atoms. The van der Waals surface area contributed by atoms with E-state index in [1.165, 1.54) is 5.56 Å². The van der Waals surface area contributed by atoms with E-state index >= 15 is 0 Å². The molecule has 0 aromatic carbocycles. The zero-order valence-electron chi connectivity index (χ0n) is 13.8. The van der Waals surface area contributed by atoms with E-state index in [-0.39, 0.29) is 5.91 Å². The first-order valence-corrected chi connectivity index (χ1v) is 8.04. The number of amides is 1. The summed E-state index contributed by atoms with van der Waals surface area (Å²) in [6, 6.07) is 5.65. The summed E-state index contributed by atoms with van der Waals surface area (Å²) in [4.78, 5) is 29.0. The molecule has 3 rings (SSSR count). The van der Waals surface area contributed by atoms with Crippen LogP contribution in [-0.4, -0.2) is 65.7 Å². The van der Waals surface area contributed by atoms with Crippen LogP contribution < -0.4 is 4.90 Å². The van der Waals surface area contributed by atoms with Crippen LogP contribution in [0.2, 0.25) is 0 Å². The summed E-state index contributed by atoms with van der Waals surface area (Å²) >= 11 is 0. The molecule has 0 saturated carbocycles. The Kier molecular flexibility index (Phi) is 5.32. The lowest BCUT2D eigenvalue weighted by Gasteiger charge is -2.26. The Morgan fingerprint density at radius 2 is 1.96 bits per heavy atom. The molecule has 1 aliphatic rings. The first kappa shape index (κ1) is 16.3. The van der Waals surface area contributed by atoms with Gasteiger partial charge in [0.1, 0.15) is 5.69 Å². The summed E-state index contributed by atoms with van der Waals surface area (Å²) in [6.45, 7) is 3.14. The maximum Gasteiger partial charge on any atom is 0.272 e. The summed E-state index contributed by atoms with van der Waals surface area (Å²) in [5.74, 6) is 0.493. The number of pyridine rings is 1. The summed E-state index contributed by atoms with van der Waals surface area (Å²) in [6.07, 6.45) is 6.07. The van der Waals surface area contributed by atoms with Crippen molar-refractivity contribution in [3.8, 4) is 0 Å². The molecule has 3 heterocycles. The molecule has 1 aliphatic heterocycles. The van der Waals surface area contributed by atoms with E-state index in [0.29, 0.717) is 37.9 Å².